The number of halogens is 6. The van der Waals surface area contributed by atoms with E-state index in [1.807, 2.05) is 0 Å². The molecule has 36 heavy (non-hydrogen) atoms. The number of nitrogen functional groups attached to an aromatic ring is 1. The van der Waals surface area contributed by atoms with E-state index in [1.165, 1.54) is 42.5 Å². The predicted molar refractivity (Wildman–Crippen MR) is 123 cm³/mol. The Kier molecular flexibility index (Phi) is 5.54. The van der Waals surface area contributed by atoms with Crippen LogP contribution >= 0.6 is 0 Å². The molecule has 5 aromatic rings. The number of alkyl halides is 3. The average molecular weight is 499 g/mol. The highest BCUT2D eigenvalue weighted by Gasteiger charge is 2.34. The minimum Gasteiger partial charge on any atom is -0.399 e. The molecule has 0 unspecified atom stereocenters. The summed E-state index contributed by atoms with van der Waals surface area (Å²) in [6.07, 6.45) is -3.91. The molecule has 3 aromatic carbocycles. The molecule has 0 fully saturated rings. The molecule has 0 radical (unpaired) electrons. The molecule has 0 saturated heterocycles. The molecule has 0 bridgehead atoms. The first-order valence-electron chi connectivity index (χ1n) is 10.4. The Balaban J connectivity index is 1.62. The van der Waals surface area contributed by atoms with E-state index in [9.17, 15) is 26.3 Å². The van der Waals surface area contributed by atoms with Gasteiger partial charge in [0.2, 0.25) is 0 Å². The van der Waals surface area contributed by atoms with Gasteiger partial charge in [0.1, 0.15) is 11.6 Å². The highest BCUT2D eigenvalue weighted by molar-refractivity contribution is 5.93. The van der Waals surface area contributed by atoms with Crippen LogP contribution in [-0.2, 0) is 6.18 Å². The van der Waals surface area contributed by atoms with Crippen LogP contribution in [0.4, 0.5) is 43.5 Å². The second kappa shape index (κ2) is 8.59. The Hall–Kier alpha value is -4.54. The molecule has 5 rings (SSSR count). The first-order chi connectivity index (χ1) is 17.1. The van der Waals surface area contributed by atoms with Crippen LogP contribution in [0.15, 0.2) is 72.9 Å². The minimum atomic E-state index is -4.69. The lowest BCUT2D eigenvalue weighted by Crippen LogP contribution is -2.08. The standard InChI is InChI=1S/C25H15F6N5/c26-14-3-8-22-19(9-14)23(35-36(22)24-21(28)10-15(27)12-33-24)34-17-6-7-18(20(11-17)25(29,30)31)13-1-4-16(32)5-2-13/h1-12H,32H2,(H,34,35). The first-order valence-corrected chi connectivity index (χ1v) is 10.4. The Bertz CT molecular complexity index is 1590. The van der Waals surface area contributed by atoms with Crippen molar-refractivity contribution in [1.29, 1.82) is 0 Å². The lowest BCUT2D eigenvalue weighted by atomic mass is 9.98. The summed E-state index contributed by atoms with van der Waals surface area (Å²) >= 11 is 0. The van der Waals surface area contributed by atoms with Crippen LogP contribution in [0, 0.1) is 17.5 Å². The lowest BCUT2D eigenvalue weighted by Gasteiger charge is -2.15. The van der Waals surface area contributed by atoms with Crippen LogP contribution in [0.5, 0.6) is 0 Å². The molecule has 0 aliphatic carbocycles. The van der Waals surface area contributed by atoms with E-state index < -0.39 is 29.2 Å². The predicted octanol–water partition coefficient (Wildman–Crippen LogP) is 6.85. The Labute approximate surface area is 199 Å². The molecule has 0 saturated carbocycles. The van der Waals surface area contributed by atoms with Gasteiger partial charge in [-0.25, -0.2) is 22.8 Å². The highest BCUT2D eigenvalue weighted by Crippen LogP contribution is 2.40. The molecule has 0 atom stereocenters. The maximum atomic E-state index is 14.4. The Morgan fingerprint density at radius 1 is 0.833 bits per heavy atom. The van der Waals surface area contributed by atoms with Crippen LogP contribution in [0.1, 0.15) is 5.56 Å². The van der Waals surface area contributed by atoms with Gasteiger partial charge in [0.25, 0.3) is 0 Å². The summed E-state index contributed by atoms with van der Waals surface area (Å²) in [5.74, 6) is -2.99. The van der Waals surface area contributed by atoms with Crippen molar-refractivity contribution < 1.29 is 26.3 Å². The van der Waals surface area contributed by atoms with Gasteiger partial charge in [-0.3, -0.25) is 0 Å². The third kappa shape index (κ3) is 4.30. The average Bonchev–Trinajstić information content (AvgIpc) is 3.16. The van der Waals surface area contributed by atoms with Crippen LogP contribution in [0.3, 0.4) is 0 Å². The number of benzene rings is 3. The smallest absolute Gasteiger partial charge is 0.399 e. The summed E-state index contributed by atoms with van der Waals surface area (Å²) < 4.78 is 84.6. The largest absolute Gasteiger partial charge is 0.417 e. The fourth-order valence-corrected chi connectivity index (χ4v) is 3.82. The summed E-state index contributed by atoms with van der Waals surface area (Å²) in [7, 11) is 0. The summed E-state index contributed by atoms with van der Waals surface area (Å²) in [4.78, 5) is 3.71. The molecular formula is C25H15F6N5. The fraction of sp³-hybridized carbons (Fsp3) is 0.0400. The highest BCUT2D eigenvalue weighted by atomic mass is 19.4. The third-order valence-electron chi connectivity index (χ3n) is 5.44. The van der Waals surface area contributed by atoms with Gasteiger partial charge in [0, 0.05) is 22.8 Å². The summed E-state index contributed by atoms with van der Waals surface area (Å²) in [5.41, 5.74) is 5.59. The number of hydrogen-bond donors (Lipinski definition) is 2. The second-order valence-corrected chi connectivity index (χ2v) is 7.89. The van der Waals surface area contributed by atoms with Crippen molar-refractivity contribution in [3.05, 3.63) is 95.9 Å². The number of rotatable bonds is 4. The number of anilines is 3. The zero-order valence-corrected chi connectivity index (χ0v) is 18.1. The van der Waals surface area contributed by atoms with Crippen molar-refractivity contribution in [2.45, 2.75) is 6.18 Å². The van der Waals surface area contributed by atoms with E-state index >= 15 is 0 Å². The number of hydrogen-bond acceptors (Lipinski definition) is 4. The minimum absolute atomic E-state index is 0.00451. The van der Waals surface area contributed by atoms with Gasteiger partial charge in [-0.1, -0.05) is 18.2 Å². The SMILES string of the molecule is Nc1ccc(-c2ccc(Nc3nn(-c4ncc(F)cc4F)c4ccc(F)cc34)cc2C(F)(F)F)cc1. The maximum Gasteiger partial charge on any atom is 0.417 e. The van der Waals surface area contributed by atoms with Crippen LogP contribution in [0.25, 0.3) is 27.8 Å². The number of fused-ring (bicyclic) bond motifs is 1. The maximum absolute atomic E-state index is 14.4. The van der Waals surface area contributed by atoms with E-state index in [0.717, 1.165) is 29.1 Å². The normalized spacial score (nSPS) is 11.7. The molecule has 0 spiro atoms. The number of nitrogens with one attached hydrogen (secondary N) is 1. The molecule has 5 nitrogen and oxygen atoms in total. The number of nitrogens with zero attached hydrogens (tertiary/aromatic N) is 3. The fourth-order valence-electron chi connectivity index (χ4n) is 3.82. The topological polar surface area (TPSA) is 68.8 Å². The van der Waals surface area contributed by atoms with Crippen LogP contribution < -0.4 is 11.1 Å². The van der Waals surface area contributed by atoms with Gasteiger partial charge in [0.05, 0.1) is 17.3 Å². The van der Waals surface area contributed by atoms with Crippen molar-refractivity contribution in [2.75, 3.05) is 11.1 Å². The number of aromatic nitrogens is 3. The summed E-state index contributed by atoms with van der Waals surface area (Å²) in [6.45, 7) is 0. The molecule has 0 amide bonds. The molecule has 2 heterocycles. The van der Waals surface area contributed by atoms with Gasteiger partial charge in [-0.2, -0.15) is 13.2 Å². The van der Waals surface area contributed by atoms with Gasteiger partial charge in [0.15, 0.2) is 17.5 Å². The van der Waals surface area contributed by atoms with Crippen molar-refractivity contribution >= 4 is 28.1 Å². The van der Waals surface area contributed by atoms with Crippen molar-refractivity contribution in [3.63, 3.8) is 0 Å². The molecule has 0 aliphatic rings. The number of pyridine rings is 1. The van der Waals surface area contributed by atoms with Crippen molar-refractivity contribution in [1.82, 2.24) is 14.8 Å². The van der Waals surface area contributed by atoms with Crippen molar-refractivity contribution in [2.24, 2.45) is 0 Å². The van der Waals surface area contributed by atoms with Gasteiger partial charge in [-0.15, -0.1) is 5.10 Å². The summed E-state index contributed by atoms with van der Waals surface area (Å²) in [5, 5.41) is 7.09. The first kappa shape index (κ1) is 23.2. The summed E-state index contributed by atoms with van der Waals surface area (Å²) in [6, 6.07) is 13.7. The van der Waals surface area contributed by atoms with E-state index in [2.05, 4.69) is 15.4 Å². The van der Waals surface area contributed by atoms with E-state index in [0.29, 0.717) is 17.3 Å². The molecule has 11 heteroatoms. The Morgan fingerprint density at radius 2 is 1.58 bits per heavy atom. The van der Waals surface area contributed by atoms with E-state index in [4.69, 9.17) is 5.73 Å². The molecular weight excluding hydrogens is 484 g/mol. The molecule has 0 aliphatic heterocycles. The second-order valence-electron chi connectivity index (χ2n) is 7.89. The quantitative estimate of drug-likeness (QED) is 0.210. The van der Waals surface area contributed by atoms with Gasteiger partial charge in [-0.05, 0) is 53.6 Å². The Morgan fingerprint density at radius 3 is 2.28 bits per heavy atom. The zero-order valence-electron chi connectivity index (χ0n) is 18.1. The molecule has 182 valence electrons. The van der Waals surface area contributed by atoms with E-state index in [-0.39, 0.29) is 33.8 Å². The number of nitrogens with two attached hydrogens (primary N) is 1. The zero-order chi connectivity index (χ0) is 25.6. The molecule has 3 N–H and O–H groups in total. The van der Waals surface area contributed by atoms with Gasteiger partial charge < -0.3 is 11.1 Å². The van der Waals surface area contributed by atoms with Crippen LogP contribution in [-0.4, -0.2) is 14.8 Å². The molecule has 2 aromatic heterocycles. The van der Waals surface area contributed by atoms with Crippen molar-refractivity contribution in [3.8, 4) is 16.9 Å². The monoisotopic (exact) mass is 499 g/mol. The van der Waals surface area contributed by atoms with E-state index in [1.54, 1.807) is 0 Å². The lowest BCUT2D eigenvalue weighted by molar-refractivity contribution is -0.137. The van der Waals surface area contributed by atoms with Gasteiger partial charge >= 0.3 is 6.18 Å². The van der Waals surface area contributed by atoms with Crippen LogP contribution in [0.2, 0.25) is 0 Å². The third-order valence-corrected chi connectivity index (χ3v) is 5.44.